The quantitative estimate of drug-likeness (QED) is 0.708. The number of benzene rings is 1. The number of ether oxygens (including phenoxy) is 2. The third kappa shape index (κ3) is 4.79. The lowest BCUT2D eigenvalue weighted by molar-refractivity contribution is -0.123. The van der Waals surface area contributed by atoms with Crippen LogP contribution < -0.4 is 14.8 Å². The van der Waals surface area contributed by atoms with Gasteiger partial charge in [-0.1, -0.05) is 13.3 Å². The third-order valence-electron chi connectivity index (χ3n) is 2.62. The lowest BCUT2D eigenvalue weighted by Gasteiger charge is -2.11. The number of hydrogen-bond acceptors (Lipinski definition) is 4. The molecule has 0 fully saturated rings. The van der Waals surface area contributed by atoms with Crippen molar-refractivity contribution in [2.45, 2.75) is 19.8 Å². The van der Waals surface area contributed by atoms with Gasteiger partial charge in [0, 0.05) is 6.54 Å². The molecule has 1 aromatic rings. The number of carbonyl (C=O) groups excluding carboxylic acids is 1. The number of hydrogen-bond donors (Lipinski definition) is 2. The highest BCUT2D eigenvalue weighted by molar-refractivity contribution is 5.88. The van der Waals surface area contributed by atoms with Crippen LogP contribution in [0.25, 0.3) is 0 Å². The second-order valence-corrected chi connectivity index (χ2v) is 4.16. The molecular weight excluding hydrogens is 262 g/mol. The van der Waals surface area contributed by atoms with Gasteiger partial charge in [-0.25, -0.2) is 4.79 Å². The molecule has 20 heavy (non-hydrogen) atoms. The summed E-state index contributed by atoms with van der Waals surface area (Å²) in [6.07, 6.45) is 1.92. The maximum atomic E-state index is 11.5. The summed E-state index contributed by atoms with van der Waals surface area (Å²) in [5.74, 6) is -0.649. The van der Waals surface area contributed by atoms with Crippen molar-refractivity contribution in [3.8, 4) is 11.5 Å². The summed E-state index contributed by atoms with van der Waals surface area (Å²) in [6, 6.07) is 4.23. The van der Waals surface area contributed by atoms with E-state index in [1.165, 1.54) is 25.3 Å². The Morgan fingerprint density at radius 3 is 2.65 bits per heavy atom. The fourth-order valence-corrected chi connectivity index (χ4v) is 1.52. The Morgan fingerprint density at radius 1 is 1.30 bits per heavy atom. The van der Waals surface area contributed by atoms with E-state index in [0.717, 1.165) is 12.8 Å². The molecule has 6 nitrogen and oxygen atoms in total. The third-order valence-corrected chi connectivity index (χ3v) is 2.62. The minimum absolute atomic E-state index is 0.0987. The average molecular weight is 281 g/mol. The van der Waals surface area contributed by atoms with Gasteiger partial charge in [-0.2, -0.15) is 0 Å². The van der Waals surface area contributed by atoms with Crippen LogP contribution in [0.15, 0.2) is 18.2 Å². The molecule has 2 N–H and O–H groups in total. The summed E-state index contributed by atoms with van der Waals surface area (Å²) in [4.78, 5) is 22.3. The maximum absolute atomic E-state index is 11.5. The molecule has 0 saturated carbocycles. The molecule has 0 heterocycles. The fourth-order valence-electron chi connectivity index (χ4n) is 1.52. The van der Waals surface area contributed by atoms with Gasteiger partial charge >= 0.3 is 5.97 Å². The van der Waals surface area contributed by atoms with E-state index in [0.29, 0.717) is 12.3 Å². The molecule has 0 spiro atoms. The molecule has 0 atom stereocenters. The lowest BCUT2D eigenvalue weighted by Crippen LogP contribution is -2.29. The van der Waals surface area contributed by atoms with Crippen molar-refractivity contribution in [3.05, 3.63) is 23.8 Å². The Bertz CT molecular complexity index is 473. The molecule has 110 valence electrons. The Kier molecular flexibility index (Phi) is 6.36. The highest BCUT2D eigenvalue weighted by Crippen LogP contribution is 2.27. The topological polar surface area (TPSA) is 84.9 Å². The van der Waals surface area contributed by atoms with E-state index < -0.39 is 5.97 Å². The summed E-state index contributed by atoms with van der Waals surface area (Å²) < 4.78 is 10.4. The first-order chi connectivity index (χ1) is 9.58. The summed E-state index contributed by atoms with van der Waals surface area (Å²) in [5, 5.41) is 11.6. The molecule has 0 bridgehead atoms. The van der Waals surface area contributed by atoms with E-state index in [-0.39, 0.29) is 23.8 Å². The number of amides is 1. The maximum Gasteiger partial charge on any atom is 0.335 e. The summed E-state index contributed by atoms with van der Waals surface area (Å²) in [6.45, 7) is 2.53. The monoisotopic (exact) mass is 281 g/mol. The van der Waals surface area contributed by atoms with Crippen LogP contribution in [0.2, 0.25) is 0 Å². The number of rotatable bonds is 8. The zero-order valence-electron chi connectivity index (χ0n) is 11.6. The number of carboxylic acids is 1. The van der Waals surface area contributed by atoms with Crippen molar-refractivity contribution in [2.24, 2.45) is 0 Å². The van der Waals surface area contributed by atoms with Gasteiger partial charge in [-0.3, -0.25) is 4.79 Å². The van der Waals surface area contributed by atoms with Crippen LogP contribution in [0.1, 0.15) is 30.1 Å². The number of carboxylic acid groups (broad SMARTS) is 1. The van der Waals surface area contributed by atoms with Crippen molar-refractivity contribution in [2.75, 3.05) is 20.3 Å². The van der Waals surface area contributed by atoms with E-state index in [9.17, 15) is 9.59 Å². The normalized spacial score (nSPS) is 9.90. The Labute approximate surface area is 117 Å². The van der Waals surface area contributed by atoms with Gasteiger partial charge in [0.05, 0.1) is 12.7 Å². The highest BCUT2D eigenvalue weighted by Gasteiger charge is 2.11. The van der Waals surface area contributed by atoms with Gasteiger partial charge in [-0.05, 0) is 24.6 Å². The minimum Gasteiger partial charge on any atom is -0.493 e. The number of aromatic carboxylic acids is 1. The SMILES string of the molecule is CCCCNC(=O)COc1ccc(C(=O)O)cc1OC. The number of carbonyl (C=O) groups is 2. The van der Waals surface area contributed by atoms with E-state index in [2.05, 4.69) is 5.32 Å². The van der Waals surface area contributed by atoms with Crippen LogP contribution in [0.5, 0.6) is 11.5 Å². The van der Waals surface area contributed by atoms with Crippen molar-refractivity contribution < 1.29 is 24.2 Å². The molecule has 0 unspecified atom stereocenters. The van der Waals surface area contributed by atoms with E-state index in [1.54, 1.807) is 0 Å². The Balaban J connectivity index is 2.59. The van der Waals surface area contributed by atoms with Gasteiger partial charge in [0.1, 0.15) is 0 Å². The van der Waals surface area contributed by atoms with Gasteiger partial charge < -0.3 is 19.9 Å². The summed E-state index contributed by atoms with van der Waals surface area (Å²) in [5.41, 5.74) is 0.0987. The molecule has 6 heteroatoms. The zero-order chi connectivity index (χ0) is 15.0. The minimum atomic E-state index is -1.05. The van der Waals surface area contributed by atoms with Crippen molar-refractivity contribution in [1.29, 1.82) is 0 Å². The predicted octanol–water partition coefficient (Wildman–Crippen LogP) is 1.69. The van der Waals surface area contributed by atoms with Crippen LogP contribution in [-0.2, 0) is 4.79 Å². The second kappa shape index (κ2) is 8.04. The molecule has 0 radical (unpaired) electrons. The van der Waals surface area contributed by atoms with Gasteiger partial charge in [0.25, 0.3) is 5.91 Å². The first kappa shape index (κ1) is 15.8. The van der Waals surface area contributed by atoms with Crippen LogP contribution in [-0.4, -0.2) is 37.2 Å². The standard InChI is InChI=1S/C14H19NO5/c1-3-4-7-15-13(16)9-20-11-6-5-10(14(17)18)8-12(11)19-2/h5-6,8H,3-4,7,9H2,1-2H3,(H,15,16)(H,17,18). The largest absolute Gasteiger partial charge is 0.493 e. The second-order valence-electron chi connectivity index (χ2n) is 4.16. The smallest absolute Gasteiger partial charge is 0.335 e. The fraction of sp³-hybridized carbons (Fsp3) is 0.429. The molecule has 1 aromatic carbocycles. The Hall–Kier alpha value is -2.24. The van der Waals surface area contributed by atoms with Gasteiger partial charge in [0.2, 0.25) is 0 Å². The molecule has 0 aromatic heterocycles. The zero-order valence-corrected chi connectivity index (χ0v) is 11.6. The number of unbranched alkanes of at least 4 members (excludes halogenated alkanes) is 1. The molecule has 0 saturated heterocycles. The van der Waals surface area contributed by atoms with E-state index in [1.807, 2.05) is 6.92 Å². The van der Waals surface area contributed by atoms with E-state index >= 15 is 0 Å². The summed E-state index contributed by atoms with van der Waals surface area (Å²) in [7, 11) is 1.41. The Morgan fingerprint density at radius 2 is 2.05 bits per heavy atom. The first-order valence-corrected chi connectivity index (χ1v) is 6.39. The molecule has 0 aliphatic carbocycles. The van der Waals surface area contributed by atoms with Crippen LogP contribution in [0, 0.1) is 0 Å². The number of nitrogens with one attached hydrogen (secondary N) is 1. The molecule has 0 aliphatic rings. The molecule has 0 aliphatic heterocycles. The van der Waals surface area contributed by atoms with Crippen LogP contribution >= 0.6 is 0 Å². The predicted molar refractivity (Wildman–Crippen MR) is 73.4 cm³/mol. The van der Waals surface area contributed by atoms with Gasteiger partial charge in [-0.15, -0.1) is 0 Å². The van der Waals surface area contributed by atoms with Crippen LogP contribution in [0.3, 0.4) is 0 Å². The lowest BCUT2D eigenvalue weighted by atomic mass is 10.2. The van der Waals surface area contributed by atoms with E-state index in [4.69, 9.17) is 14.6 Å². The number of methoxy groups -OCH3 is 1. The molecular formula is C14H19NO5. The molecule has 1 rings (SSSR count). The average Bonchev–Trinajstić information content (AvgIpc) is 2.45. The van der Waals surface area contributed by atoms with Gasteiger partial charge in [0.15, 0.2) is 18.1 Å². The van der Waals surface area contributed by atoms with Crippen molar-refractivity contribution in [1.82, 2.24) is 5.32 Å². The van der Waals surface area contributed by atoms with Crippen molar-refractivity contribution in [3.63, 3.8) is 0 Å². The summed E-state index contributed by atoms with van der Waals surface area (Å²) >= 11 is 0. The highest BCUT2D eigenvalue weighted by atomic mass is 16.5. The first-order valence-electron chi connectivity index (χ1n) is 6.39. The molecule has 1 amide bonds. The van der Waals surface area contributed by atoms with Crippen molar-refractivity contribution >= 4 is 11.9 Å². The van der Waals surface area contributed by atoms with Crippen LogP contribution in [0.4, 0.5) is 0 Å².